The molecule has 5 rings (SSSR count). The molecule has 11 heteroatoms. The van der Waals surface area contributed by atoms with Crippen molar-refractivity contribution < 1.29 is 28.7 Å². The number of nitrogens with one attached hydrogen (secondary N) is 1. The minimum absolute atomic E-state index is 0.0903. The molecule has 2 aliphatic heterocycles. The number of methoxy groups -OCH3 is 2. The molecule has 1 N–H and O–H groups in total. The first kappa shape index (κ1) is 29.6. The summed E-state index contributed by atoms with van der Waals surface area (Å²) in [4.78, 5) is 55.9. The molecule has 1 saturated heterocycles. The highest BCUT2D eigenvalue weighted by molar-refractivity contribution is 6.36. The maximum atomic E-state index is 13.6. The summed E-state index contributed by atoms with van der Waals surface area (Å²) in [6.45, 7) is 4.37. The van der Waals surface area contributed by atoms with Gasteiger partial charge in [-0.1, -0.05) is 29.3 Å². The predicted octanol–water partition coefficient (Wildman–Crippen LogP) is 3.85. The molecular formula is C30H35Cl2N3O6. The Morgan fingerprint density at radius 1 is 0.927 bits per heavy atom. The fourth-order valence-corrected chi connectivity index (χ4v) is 7.70. The van der Waals surface area contributed by atoms with Crippen LogP contribution in [0.3, 0.4) is 0 Å². The van der Waals surface area contributed by atoms with E-state index in [2.05, 4.69) is 10.2 Å². The Labute approximate surface area is 249 Å². The summed E-state index contributed by atoms with van der Waals surface area (Å²) in [6, 6.07) is 5.40. The van der Waals surface area contributed by atoms with Gasteiger partial charge in [-0.05, 0) is 43.7 Å². The van der Waals surface area contributed by atoms with Crippen molar-refractivity contribution in [3.8, 4) is 0 Å². The van der Waals surface area contributed by atoms with E-state index in [1.165, 1.54) is 14.2 Å². The zero-order chi connectivity index (χ0) is 29.4. The number of carbonyl (C=O) groups is 4. The molecular weight excluding hydrogens is 569 g/mol. The average Bonchev–Trinajstić information content (AvgIpc) is 3.50. The summed E-state index contributed by atoms with van der Waals surface area (Å²) in [7, 11) is 2.50. The number of ether oxygens (including phenoxy) is 2. The number of halogens is 2. The molecule has 3 fully saturated rings. The van der Waals surface area contributed by atoms with Gasteiger partial charge in [0, 0.05) is 72.1 Å². The zero-order valence-electron chi connectivity index (χ0n) is 23.5. The summed E-state index contributed by atoms with van der Waals surface area (Å²) >= 11 is 13.1. The monoisotopic (exact) mass is 603 g/mol. The fraction of sp³-hybridized carbons (Fsp3) is 0.533. The Kier molecular flexibility index (Phi) is 8.78. The minimum Gasteiger partial charge on any atom is -0.466 e. The highest BCUT2D eigenvalue weighted by atomic mass is 35.5. The average molecular weight is 605 g/mol. The lowest BCUT2D eigenvalue weighted by atomic mass is 9.79. The summed E-state index contributed by atoms with van der Waals surface area (Å²) in [5.41, 5.74) is 1.38. The minimum atomic E-state index is -0.995. The first-order valence-corrected chi connectivity index (χ1v) is 14.7. The van der Waals surface area contributed by atoms with Gasteiger partial charge in [-0.25, -0.2) is 9.59 Å². The summed E-state index contributed by atoms with van der Waals surface area (Å²) < 4.78 is 10.2. The summed E-state index contributed by atoms with van der Waals surface area (Å²) in [6.07, 6.45) is 3.46. The number of amides is 1. The third-order valence-electron chi connectivity index (χ3n) is 9.05. The maximum absolute atomic E-state index is 13.6. The van der Waals surface area contributed by atoms with Crippen molar-refractivity contribution in [1.29, 1.82) is 0 Å². The van der Waals surface area contributed by atoms with Crippen molar-refractivity contribution in [2.75, 3.05) is 40.4 Å². The van der Waals surface area contributed by atoms with Gasteiger partial charge in [0.2, 0.25) is 5.91 Å². The molecule has 0 spiro atoms. The Bertz CT molecular complexity index is 1300. The molecule has 3 atom stereocenters. The van der Waals surface area contributed by atoms with Gasteiger partial charge in [-0.2, -0.15) is 0 Å². The predicted molar refractivity (Wildman–Crippen MR) is 153 cm³/mol. The molecule has 3 unspecified atom stereocenters. The number of piperazine rings is 1. The Balaban J connectivity index is 1.37. The van der Waals surface area contributed by atoms with Gasteiger partial charge in [-0.15, -0.1) is 0 Å². The number of hydrogen-bond donors (Lipinski definition) is 1. The number of Topliss-reactive ketones (excluding diaryl/α,β-unsaturated/α-hetero) is 1. The van der Waals surface area contributed by atoms with E-state index in [4.69, 9.17) is 32.7 Å². The molecule has 1 amide bonds. The molecule has 4 aliphatic rings. The largest absolute Gasteiger partial charge is 0.466 e. The first-order chi connectivity index (χ1) is 19.6. The van der Waals surface area contributed by atoms with Crippen LogP contribution in [0.25, 0.3) is 0 Å². The highest BCUT2D eigenvalue weighted by Crippen LogP contribution is 2.46. The van der Waals surface area contributed by atoms with Crippen LogP contribution >= 0.6 is 23.2 Å². The topological polar surface area (TPSA) is 105 Å². The SMILES string of the molecule is COC(=O)C1=C(C)NC(CC(=O)N2CCN(C3CC4CC(=O)CC4C3)CC2)=C(C(=O)OC)C1c1c(Cl)cccc1Cl. The van der Waals surface area contributed by atoms with Crippen molar-refractivity contribution in [2.24, 2.45) is 11.8 Å². The van der Waals surface area contributed by atoms with Crippen LogP contribution in [0.15, 0.2) is 40.7 Å². The number of esters is 2. The molecule has 2 heterocycles. The van der Waals surface area contributed by atoms with Gasteiger partial charge in [-0.3, -0.25) is 14.5 Å². The van der Waals surface area contributed by atoms with Crippen LogP contribution < -0.4 is 5.32 Å². The van der Waals surface area contributed by atoms with E-state index in [9.17, 15) is 19.2 Å². The van der Waals surface area contributed by atoms with Gasteiger partial charge < -0.3 is 19.7 Å². The second-order valence-corrected chi connectivity index (χ2v) is 12.1. The van der Waals surface area contributed by atoms with Crippen molar-refractivity contribution in [3.05, 3.63) is 56.3 Å². The summed E-state index contributed by atoms with van der Waals surface area (Å²) in [5.74, 6) is -1.07. The Hall–Kier alpha value is -2.88. The quantitative estimate of drug-likeness (QED) is 0.489. The Morgan fingerprint density at radius 2 is 1.49 bits per heavy atom. The number of hydrogen-bond acceptors (Lipinski definition) is 8. The van der Waals surface area contributed by atoms with E-state index >= 15 is 0 Å². The van der Waals surface area contributed by atoms with Gasteiger partial charge in [0.25, 0.3) is 0 Å². The number of benzene rings is 1. The van der Waals surface area contributed by atoms with Crippen LogP contribution in [0.2, 0.25) is 10.0 Å². The van der Waals surface area contributed by atoms with Crippen LogP contribution in [0.1, 0.15) is 50.5 Å². The normalized spacial score (nSPS) is 26.7. The van der Waals surface area contributed by atoms with Gasteiger partial charge in [0.1, 0.15) is 5.78 Å². The smallest absolute Gasteiger partial charge is 0.336 e. The molecule has 9 nitrogen and oxygen atoms in total. The van der Waals surface area contributed by atoms with Crippen molar-refractivity contribution in [3.63, 3.8) is 0 Å². The number of ketones is 1. The van der Waals surface area contributed by atoms with Crippen molar-refractivity contribution in [2.45, 2.75) is 51.0 Å². The molecule has 220 valence electrons. The molecule has 1 aromatic rings. The first-order valence-electron chi connectivity index (χ1n) is 14.0. The molecule has 2 saturated carbocycles. The number of nitrogens with zero attached hydrogens (tertiary/aromatic N) is 2. The van der Waals surface area contributed by atoms with Crippen LogP contribution in [0, 0.1) is 11.8 Å². The van der Waals surface area contributed by atoms with Crippen molar-refractivity contribution >= 4 is 46.8 Å². The number of fused-ring (bicyclic) bond motifs is 1. The molecule has 41 heavy (non-hydrogen) atoms. The second-order valence-electron chi connectivity index (χ2n) is 11.3. The fourth-order valence-electron chi connectivity index (χ4n) is 7.09. The Morgan fingerprint density at radius 3 is 2.05 bits per heavy atom. The van der Waals surface area contributed by atoms with E-state index in [-0.39, 0.29) is 33.5 Å². The lowest BCUT2D eigenvalue weighted by molar-refractivity contribution is -0.137. The number of rotatable bonds is 6. The molecule has 0 bridgehead atoms. The van der Waals surface area contributed by atoms with Gasteiger partial charge in [0.05, 0.1) is 37.7 Å². The van der Waals surface area contributed by atoms with E-state index in [1.54, 1.807) is 25.1 Å². The molecule has 2 aliphatic carbocycles. The molecule has 0 aromatic heterocycles. The van der Waals surface area contributed by atoms with E-state index < -0.39 is 17.9 Å². The van der Waals surface area contributed by atoms with E-state index in [1.807, 2.05) is 4.90 Å². The molecule has 1 aromatic carbocycles. The van der Waals surface area contributed by atoms with E-state index in [0.29, 0.717) is 53.7 Å². The van der Waals surface area contributed by atoms with Crippen LogP contribution in [-0.4, -0.2) is 79.9 Å². The van der Waals surface area contributed by atoms with Crippen molar-refractivity contribution in [1.82, 2.24) is 15.1 Å². The highest BCUT2D eigenvalue weighted by Gasteiger charge is 2.44. The van der Waals surface area contributed by atoms with Gasteiger partial charge >= 0.3 is 11.9 Å². The molecule has 0 radical (unpaired) electrons. The number of dihydropyridines is 1. The van der Waals surface area contributed by atoms with E-state index in [0.717, 1.165) is 38.8 Å². The standard InChI is InChI=1S/C30H35Cl2N3O6/c1-16-25(29(38)40-2)28(26-21(31)5-4-6-22(26)32)27(30(39)41-3)23(33-16)15-24(37)35-9-7-34(8-10-35)19-11-17-13-20(36)14-18(17)12-19/h4-6,17-19,28,33H,7-15H2,1-3H3. The zero-order valence-corrected chi connectivity index (χ0v) is 25.0. The number of carbonyl (C=O) groups excluding carboxylic acids is 4. The third kappa shape index (κ3) is 5.76. The van der Waals surface area contributed by atoms with Crippen LogP contribution in [0.4, 0.5) is 0 Å². The third-order valence-corrected chi connectivity index (χ3v) is 9.71. The van der Waals surface area contributed by atoms with Gasteiger partial charge in [0.15, 0.2) is 0 Å². The van der Waals surface area contributed by atoms with Crippen LogP contribution in [-0.2, 0) is 28.7 Å². The maximum Gasteiger partial charge on any atom is 0.336 e. The lowest BCUT2D eigenvalue weighted by Crippen LogP contribution is -2.52. The lowest BCUT2D eigenvalue weighted by Gasteiger charge is -2.39. The van der Waals surface area contributed by atoms with Crippen LogP contribution in [0.5, 0.6) is 0 Å². The number of allylic oxidation sites excluding steroid dienone is 1. The second kappa shape index (κ2) is 12.2. The summed E-state index contributed by atoms with van der Waals surface area (Å²) in [5, 5.41) is 3.65.